The van der Waals surface area contributed by atoms with E-state index in [2.05, 4.69) is 31.0 Å². The van der Waals surface area contributed by atoms with E-state index in [0.717, 1.165) is 35.2 Å². The summed E-state index contributed by atoms with van der Waals surface area (Å²) in [7, 11) is 0. The van der Waals surface area contributed by atoms with Crippen LogP contribution in [-0.4, -0.2) is 33.3 Å². The Kier molecular flexibility index (Phi) is 3.47. The number of fused-ring (bicyclic) bond motifs is 1. The van der Waals surface area contributed by atoms with Crippen molar-refractivity contribution in [2.45, 2.75) is 5.92 Å². The Bertz CT molecular complexity index is 905. The van der Waals surface area contributed by atoms with E-state index >= 15 is 0 Å². The zero-order valence-electron chi connectivity index (χ0n) is 11.3. The molecule has 1 aliphatic heterocycles. The van der Waals surface area contributed by atoms with Crippen molar-refractivity contribution in [3.63, 3.8) is 0 Å². The molecule has 1 aromatic carbocycles. The van der Waals surface area contributed by atoms with Gasteiger partial charge in [0.1, 0.15) is 0 Å². The lowest BCUT2D eigenvalue weighted by Gasteiger charge is -2.09. The second kappa shape index (κ2) is 5.36. The fourth-order valence-electron chi connectivity index (χ4n) is 2.89. The molecule has 0 bridgehead atoms. The fourth-order valence-corrected chi connectivity index (χ4v) is 3.40. The van der Waals surface area contributed by atoms with Gasteiger partial charge in [0.05, 0.1) is 21.3 Å². The Morgan fingerprint density at radius 2 is 1.91 bits per heavy atom. The van der Waals surface area contributed by atoms with E-state index in [-0.39, 0.29) is 0 Å². The Balaban J connectivity index is 2.03. The van der Waals surface area contributed by atoms with Crippen LogP contribution < -0.4 is 10.9 Å². The lowest BCUT2D eigenvalue weighted by atomic mass is 9.96. The van der Waals surface area contributed by atoms with Crippen molar-refractivity contribution in [2.75, 3.05) is 13.1 Å². The third-order valence-corrected chi connectivity index (χ3v) is 4.87. The molecule has 4 rings (SSSR count). The summed E-state index contributed by atoms with van der Waals surface area (Å²) in [6, 6.07) is 3.80. The molecule has 6 nitrogen and oxygen atoms in total. The molecule has 5 N–H and O–H groups in total. The van der Waals surface area contributed by atoms with Gasteiger partial charge in [0.15, 0.2) is 5.82 Å². The van der Waals surface area contributed by atoms with Gasteiger partial charge in [0.2, 0.25) is 4.77 Å². The highest BCUT2D eigenvalue weighted by Gasteiger charge is 2.26. The van der Waals surface area contributed by atoms with Crippen LogP contribution in [0.5, 0.6) is 0 Å². The molecule has 0 spiro atoms. The van der Waals surface area contributed by atoms with Crippen molar-refractivity contribution in [3.8, 4) is 11.5 Å². The number of nitrogens with one attached hydrogen (secondary N) is 5. The summed E-state index contributed by atoms with van der Waals surface area (Å²) in [5.41, 5.74) is 9.14. The first-order chi connectivity index (χ1) is 10.6. The van der Waals surface area contributed by atoms with E-state index < -0.39 is 0 Å². The van der Waals surface area contributed by atoms with E-state index in [0.29, 0.717) is 26.6 Å². The first-order valence-electron chi connectivity index (χ1n) is 6.75. The van der Waals surface area contributed by atoms with Crippen LogP contribution in [0.1, 0.15) is 11.5 Å². The van der Waals surface area contributed by atoms with Gasteiger partial charge in [0.25, 0.3) is 0 Å². The Morgan fingerprint density at radius 1 is 1.14 bits per heavy atom. The SMILES string of the molecule is S=c1nc(-c2[nH]c3c(Cl)c(Cl)ccc3c2C2CNNC2)[nH][nH]1. The van der Waals surface area contributed by atoms with Gasteiger partial charge in [-0.2, -0.15) is 4.98 Å². The summed E-state index contributed by atoms with van der Waals surface area (Å²) in [5, 5.41) is 7.89. The molecule has 3 heterocycles. The van der Waals surface area contributed by atoms with Gasteiger partial charge in [-0.25, -0.2) is 0 Å². The highest BCUT2D eigenvalue weighted by molar-refractivity contribution is 7.71. The van der Waals surface area contributed by atoms with E-state index in [1.165, 1.54) is 0 Å². The Labute approximate surface area is 140 Å². The summed E-state index contributed by atoms with van der Waals surface area (Å²) in [5.74, 6) is 0.954. The molecular formula is C13H12Cl2N6S. The van der Waals surface area contributed by atoms with Crippen LogP contribution in [0.2, 0.25) is 10.0 Å². The molecule has 0 unspecified atom stereocenters. The Hall–Kier alpha value is -1.38. The number of H-pyrrole nitrogens is 3. The average molecular weight is 355 g/mol. The number of aromatic nitrogens is 4. The molecule has 9 heteroatoms. The predicted molar refractivity (Wildman–Crippen MR) is 89.8 cm³/mol. The van der Waals surface area contributed by atoms with E-state index in [4.69, 9.17) is 35.4 Å². The molecular weight excluding hydrogens is 343 g/mol. The second-order valence-corrected chi connectivity index (χ2v) is 6.34. The highest BCUT2D eigenvalue weighted by Crippen LogP contribution is 2.39. The molecule has 1 fully saturated rings. The van der Waals surface area contributed by atoms with Crippen LogP contribution in [0.25, 0.3) is 22.4 Å². The zero-order chi connectivity index (χ0) is 15.3. The topological polar surface area (TPSA) is 84.3 Å². The van der Waals surface area contributed by atoms with Crippen LogP contribution in [-0.2, 0) is 0 Å². The summed E-state index contributed by atoms with van der Waals surface area (Å²) in [6.07, 6.45) is 0. The number of rotatable bonds is 2. The van der Waals surface area contributed by atoms with Crippen LogP contribution in [0, 0.1) is 4.77 Å². The summed E-state index contributed by atoms with van der Waals surface area (Å²) < 4.78 is 0.409. The molecule has 2 aromatic heterocycles. The molecule has 1 aliphatic rings. The third-order valence-electron chi connectivity index (χ3n) is 3.87. The van der Waals surface area contributed by atoms with Crippen molar-refractivity contribution in [1.29, 1.82) is 0 Å². The maximum Gasteiger partial charge on any atom is 0.213 e. The van der Waals surface area contributed by atoms with E-state index in [1.807, 2.05) is 12.1 Å². The zero-order valence-corrected chi connectivity index (χ0v) is 13.6. The fraction of sp³-hybridized carbons (Fsp3) is 0.231. The quantitative estimate of drug-likeness (QED) is 0.458. The molecule has 114 valence electrons. The number of halogens is 2. The van der Waals surface area contributed by atoms with Crippen molar-refractivity contribution < 1.29 is 0 Å². The van der Waals surface area contributed by atoms with Crippen LogP contribution in [0.4, 0.5) is 0 Å². The van der Waals surface area contributed by atoms with Gasteiger partial charge in [-0.3, -0.25) is 21.0 Å². The summed E-state index contributed by atoms with van der Waals surface area (Å²) >= 11 is 17.5. The van der Waals surface area contributed by atoms with E-state index in [1.54, 1.807) is 0 Å². The maximum absolute atomic E-state index is 6.36. The molecule has 3 aromatic rings. The molecule has 1 saturated heterocycles. The van der Waals surface area contributed by atoms with Crippen LogP contribution >= 0.6 is 35.4 Å². The van der Waals surface area contributed by atoms with Crippen molar-refractivity contribution in [2.24, 2.45) is 0 Å². The van der Waals surface area contributed by atoms with Gasteiger partial charge >= 0.3 is 0 Å². The number of benzene rings is 1. The van der Waals surface area contributed by atoms with Gasteiger partial charge in [-0.05, 0) is 23.8 Å². The van der Waals surface area contributed by atoms with Crippen LogP contribution in [0.15, 0.2) is 12.1 Å². The monoisotopic (exact) mass is 354 g/mol. The molecule has 0 aliphatic carbocycles. The first kappa shape index (κ1) is 14.2. The minimum absolute atomic E-state index is 0.291. The lowest BCUT2D eigenvalue weighted by Crippen LogP contribution is -2.21. The van der Waals surface area contributed by atoms with Crippen LogP contribution in [0.3, 0.4) is 0 Å². The average Bonchev–Trinajstić information content (AvgIpc) is 3.20. The maximum atomic E-state index is 6.36. The number of nitrogens with zero attached hydrogens (tertiary/aromatic N) is 1. The summed E-state index contributed by atoms with van der Waals surface area (Å²) in [4.78, 5) is 7.66. The minimum atomic E-state index is 0.291. The van der Waals surface area contributed by atoms with Crippen molar-refractivity contribution >= 4 is 46.3 Å². The minimum Gasteiger partial charge on any atom is -0.350 e. The number of hydrazine groups is 1. The largest absolute Gasteiger partial charge is 0.350 e. The number of hydrogen-bond donors (Lipinski definition) is 5. The molecule has 0 amide bonds. The predicted octanol–water partition coefficient (Wildman–Crippen LogP) is 3.11. The van der Waals surface area contributed by atoms with Crippen molar-refractivity contribution in [3.05, 3.63) is 32.5 Å². The van der Waals surface area contributed by atoms with Gasteiger partial charge in [-0.15, -0.1) is 0 Å². The standard InChI is InChI=1S/C13H12Cl2N6S/c14-7-2-1-6-8(5-3-16-17-4-5)11(18-10(6)9(7)15)12-19-13(22)21-20-12/h1-2,5,16-18H,3-4H2,(H2,19,20,21,22). The van der Waals surface area contributed by atoms with E-state index in [9.17, 15) is 0 Å². The third kappa shape index (κ3) is 2.17. The van der Waals surface area contributed by atoms with Gasteiger partial charge in [-0.1, -0.05) is 29.3 Å². The summed E-state index contributed by atoms with van der Waals surface area (Å²) in [6.45, 7) is 1.65. The highest BCUT2D eigenvalue weighted by atomic mass is 35.5. The van der Waals surface area contributed by atoms with Crippen molar-refractivity contribution in [1.82, 2.24) is 31.0 Å². The van der Waals surface area contributed by atoms with Gasteiger partial charge in [0, 0.05) is 24.4 Å². The smallest absolute Gasteiger partial charge is 0.213 e. The number of hydrogen-bond acceptors (Lipinski definition) is 4. The normalized spacial score (nSPS) is 15.9. The lowest BCUT2D eigenvalue weighted by molar-refractivity contribution is 0.689. The van der Waals surface area contributed by atoms with Gasteiger partial charge < -0.3 is 4.98 Å². The number of aromatic amines is 3. The molecule has 0 saturated carbocycles. The molecule has 22 heavy (non-hydrogen) atoms. The Morgan fingerprint density at radius 3 is 2.59 bits per heavy atom. The molecule has 0 atom stereocenters. The molecule has 0 radical (unpaired) electrons. The first-order valence-corrected chi connectivity index (χ1v) is 7.92. The second-order valence-electron chi connectivity index (χ2n) is 5.17.